The van der Waals surface area contributed by atoms with Crippen LogP contribution in [0.2, 0.25) is 0 Å². The van der Waals surface area contributed by atoms with Crippen LogP contribution in [0, 0.1) is 11.3 Å². The third-order valence-electron chi connectivity index (χ3n) is 3.16. The summed E-state index contributed by atoms with van der Waals surface area (Å²) < 4.78 is 0. The van der Waals surface area contributed by atoms with Crippen LogP contribution in [0.4, 0.5) is 0 Å². The van der Waals surface area contributed by atoms with Gasteiger partial charge >= 0.3 is 0 Å². The summed E-state index contributed by atoms with van der Waals surface area (Å²) in [5.41, 5.74) is 0.482. The van der Waals surface area contributed by atoms with Crippen molar-refractivity contribution in [3.63, 3.8) is 0 Å². The second kappa shape index (κ2) is 3.14. The van der Waals surface area contributed by atoms with Crippen LogP contribution >= 0.6 is 0 Å². The highest BCUT2D eigenvalue weighted by Gasteiger charge is 2.38. The van der Waals surface area contributed by atoms with Crippen LogP contribution in [0.3, 0.4) is 0 Å². The lowest BCUT2D eigenvalue weighted by atomic mass is 9.79. The molecule has 0 saturated heterocycles. The lowest BCUT2D eigenvalue weighted by Gasteiger charge is -2.33. The van der Waals surface area contributed by atoms with E-state index in [0.717, 1.165) is 12.0 Å². The van der Waals surface area contributed by atoms with E-state index in [-0.39, 0.29) is 0 Å². The third kappa shape index (κ3) is 1.96. The van der Waals surface area contributed by atoms with Gasteiger partial charge in [0.25, 0.3) is 0 Å². The molecule has 1 saturated carbocycles. The molecule has 11 heavy (non-hydrogen) atoms. The van der Waals surface area contributed by atoms with E-state index in [1.54, 1.807) is 0 Å². The van der Waals surface area contributed by atoms with E-state index in [9.17, 15) is 0 Å². The zero-order chi connectivity index (χ0) is 8.48. The molecule has 0 heterocycles. The maximum Gasteiger partial charge on any atom is 0.0143 e. The van der Waals surface area contributed by atoms with Gasteiger partial charge in [0.15, 0.2) is 0 Å². The van der Waals surface area contributed by atoms with Crippen LogP contribution < -0.4 is 5.32 Å². The predicted molar refractivity (Wildman–Crippen MR) is 49.6 cm³/mol. The van der Waals surface area contributed by atoms with E-state index in [1.165, 1.54) is 19.3 Å². The molecule has 1 heteroatoms. The highest BCUT2D eigenvalue weighted by Crippen LogP contribution is 2.41. The highest BCUT2D eigenvalue weighted by molar-refractivity contribution is 4.94. The zero-order valence-electron chi connectivity index (χ0n) is 8.28. The summed E-state index contributed by atoms with van der Waals surface area (Å²) in [6.07, 6.45) is 4.15. The lowest BCUT2D eigenvalue weighted by molar-refractivity contribution is 0.219. The fraction of sp³-hybridized carbons (Fsp3) is 1.00. The van der Waals surface area contributed by atoms with E-state index < -0.39 is 0 Å². The molecule has 1 aliphatic carbocycles. The van der Waals surface area contributed by atoms with Crippen LogP contribution in [-0.4, -0.2) is 13.1 Å². The Bertz CT molecular complexity index is 125. The molecular weight excluding hydrogens is 134 g/mol. The fourth-order valence-electron chi connectivity index (χ4n) is 1.91. The van der Waals surface area contributed by atoms with Gasteiger partial charge in [-0.2, -0.15) is 0 Å². The molecule has 0 aromatic carbocycles. The van der Waals surface area contributed by atoms with Crippen LogP contribution in [0.5, 0.6) is 0 Å². The number of hydrogen-bond acceptors (Lipinski definition) is 1. The Hall–Kier alpha value is -0.0400. The molecule has 66 valence electrons. The molecule has 1 unspecified atom stereocenters. The summed E-state index contributed by atoms with van der Waals surface area (Å²) in [5, 5.41) is 3.46. The maximum atomic E-state index is 3.46. The Balaban J connectivity index is 2.51. The molecule has 0 aliphatic heterocycles. The molecule has 1 nitrogen and oxygen atoms in total. The topological polar surface area (TPSA) is 12.0 Å². The smallest absolute Gasteiger partial charge is 0.0143 e. The van der Waals surface area contributed by atoms with E-state index in [2.05, 4.69) is 33.1 Å². The molecule has 1 rings (SSSR count). The van der Waals surface area contributed by atoms with Crippen molar-refractivity contribution in [1.29, 1.82) is 0 Å². The Labute approximate surface area is 70.6 Å². The first-order chi connectivity index (χ1) is 5.11. The summed E-state index contributed by atoms with van der Waals surface area (Å²) in [5.74, 6) is 0.968. The van der Waals surface area contributed by atoms with Crippen molar-refractivity contribution >= 4 is 0 Å². The van der Waals surface area contributed by atoms with Gasteiger partial charge in [0.1, 0.15) is 0 Å². The van der Waals surface area contributed by atoms with Gasteiger partial charge in [-0.15, -0.1) is 0 Å². The molecule has 1 atom stereocenters. The van der Waals surface area contributed by atoms with E-state index >= 15 is 0 Å². The second-order valence-electron chi connectivity index (χ2n) is 4.45. The molecule has 0 spiro atoms. The molecule has 1 aliphatic rings. The first-order valence-electron chi connectivity index (χ1n) is 4.79. The van der Waals surface area contributed by atoms with Gasteiger partial charge in [-0.05, 0) is 37.6 Å². The van der Waals surface area contributed by atoms with Crippen LogP contribution in [-0.2, 0) is 0 Å². The predicted octanol–water partition coefficient (Wildman–Crippen LogP) is 2.42. The molecule has 1 N–H and O–H groups in total. The zero-order valence-corrected chi connectivity index (χ0v) is 8.28. The molecule has 0 aromatic heterocycles. The Morgan fingerprint density at radius 3 is 2.27 bits per heavy atom. The highest BCUT2D eigenvalue weighted by atomic mass is 14.9. The van der Waals surface area contributed by atoms with E-state index in [4.69, 9.17) is 0 Å². The third-order valence-corrected chi connectivity index (χ3v) is 3.16. The van der Waals surface area contributed by atoms with Crippen molar-refractivity contribution in [2.24, 2.45) is 11.3 Å². The van der Waals surface area contributed by atoms with Crippen molar-refractivity contribution in [2.75, 3.05) is 7.05 Å². The van der Waals surface area contributed by atoms with E-state index in [0.29, 0.717) is 5.41 Å². The van der Waals surface area contributed by atoms with Gasteiger partial charge in [0, 0.05) is 6.04 Å². The average molecular weight is 155 g/mol. The van der Waals surface area contributed by atoms with Crippen molar-refractivity contribution < 1.29 is 0 Å². The first kappa shape index (κ1) is 9.05. The minimum Gasteiger partial charge on any atom is -0.316 e. The van der Waals surface area contributed by atoms with E-state index in [1.807, 2.05) is 0 Å². The molecule has 0 amide bonds. The molecule has 0 aromatic rings. The normalized spacial score (nSPS) is 21.8. The van der Waals surface area contributed by atoms with Crippen LogP contribution in [0.1, 0.15) is 40.0 Å². The molecule has 0 radical (unpaired) electrons. The van der Waals surface area contributed by atoms with Gasteiger partial charge in [-0.25, -0.2) is 0 Å². The summed E-state index contributed by atoms with van der Waals surface area (Å²) in [4.78, 5) is 0. The fourth-order valence-corrected chi connectivity index (χ4v) is 1.91. The number of hydrogen-bond donors (Lipinski definition) is 1. The van der Waals surface area contributed by atoms with Crippen molar-refractivity contribution in [3.05, 3.63) is 0 Å². The SMILES string of the molecule is CCC(C)(C)C(NC)C1CC1. The van der Waals surface area contributed by atoms with Crippen molar-refractivity contribution in [3.8, 4) is 0 Å². The molecule has 1 fully saturated rings. The summed E-state index contributed by atoms with van der Waals surface area (Å²) in [7, 11) is 2.10. The Morgan fingerprint density at radius 1 is 1.45 bits per heavy atom. The number of nitrogens with one attached hydrogen (secondary N) is 1. The van der Waals surface area contributed by atoms with Gasteiger partial charge in [0.05, 0.1) is 0 Å². The monoisotopic (exact) mass is 155 g/mol. The Morgan fingerprint density at radius 2 is 2.00 bits per heavy atom. The summed E-state index contributed by atoms with van der Waals surface area (Å²) in [6.45, 7) is 7.02. The Kier molecular flexibility index (Phi) is 2.58. The average Bonchev–Trinajstić information content (AvgIpc) is 2.73. The molecule has 0 bridgehead atoms. The van der Waals surface area contributed by atoms with Crippen LogP contribution in [0.25, 0.3) is 0 Å². The van der Waals surface area contributed by atoms with Gasteiger partial charge in [-0.1, -0.05) is 20.8 Å². The lowest BCUT2D eigenvalue weighted by Crippen LogP contribution is -2.41. The van der Waals surface area contributed by atoms with Crippen molar-refractivity contribution in [1.82, 2.24) is 5.32 Å². The summed E-state index contributed by atoms with van der Waals surface area (Å²) >= 11 is 0. The molecular formula is C10H21N. The maximum absolute atomic E-state index is 3.46. The van der Waals surface area contributed by atoms with Gasteiger partial charge in [-0.3, -0.25) is 0 Å². The van der Waals surface area contributed by atoms with Crippen LogP contribution in [0.15, 0.2) is 0 Å². The second-order valence-corrected chi connectivity index (χ2v) is 4.45. The van der Waals surface area contributed by atoms with Crippen molar-refractivity contribution in [2.45, 2.75) is 46.1 Å². The first-order valence-corrected chi connectivity index (χ1v) is 4.79. The number of rotatable bonds is 4. The van der Waals surface area contributed by atoms with Gasteiger partial charge in [0.2, 0.25) is 0 Å². The quantitative estimate of drug-likeness (QED) is 0.657. The standard InChI is InChI=1S/C10H21N/c1-5-10(2,3)9(11-4)8-6-7-8/h8-9,11H,5-7H2,1-4H3. The minimum atomic E-state index is 0.482. The largest absolute Gasteiger partial charge is 0.316 e. The minimum absolute atomic E-state index is 0.482. The van der Waals surface area contributed by atoms with Gasteiger partial charge < -0.3 is 5.32 Å². The summed E-state index contributed by atoms with van der Waals surface area (Å²) in [6, 6.07) is 0.743.